The number of allylic oxidation sites excluding steroid dienone is 4. The number of benzene rings is 1. The van der Waals surface area contributed by atoms with Gasteiger partial charge in [-0.25, -0.2) is 8.78 Å². The van der Waals surface area contributed by atoms with E-state index < -0.39 is 11.6 Å². The molecule has 0 bridgehead atoms. The molecule has 1 aromatic rings. The van der Waals surface area contributed by atoms with Crippen LogP contribution in [0.15, 0.2) is 36.4 Å². The molecule has 1 saturated heterocycles. The Morgan fingerprint density at radius 1 is 0.794 bits per heavy atom. The van der Waals surface area contributed by atoms with Crippen molar-refractivity contribution in [2.75, 3.05) is 6.61 Å². The third-order valence-electron chi connectivity index (χ3n) is 9.33. The molecule has 186 valence electrons. The van der Waals surface area contributed by atoms with Crippen molar-refractivity contribution in [3.05, 3.63) is 59.2 Å². The first-order chi connectivity index (χ1) is 16.6. The summed E-state index contributed by atoms with van der Waals surface area (Å²) >= 11 is 0. The number of rotatable bonds is 7. The van der Waals surface area contributed by atoms with Gasteiger partial charge in [0.2, 0.25) is 0 Å². The molecule has 3 atom stereocenters. The molecule has 1 heterocycles. The van der Waals surface area contributed by atoms with E-state index >= 15 is 0 Å². The average Bonchev–Trinajstić information content (AvgIpc) is 3.71. The summed E-state index contributed by atoms with van der Waals surface area (Å²) in [5, 5.41) is 0. The largest absolute Gasteiger partial charge is 0.368 e. The molecule has 34 heavy (non-hydrogen) atoms. The molecule has 0 spiro atoms. The molecule has 0 radical (unpaired) electrons. The number of ether oxygens (including phenoxy) is 1. The maximum atomic E-state index is 14.7. The summed E-state index contributed by atoms with van der Waals surface area (Å²) in [5.74, 6) is 2.68. The Morgan fingerprint density at radius 2 is 1.44 bits per heavy atom. The Bertz CT molecular complexity index is 870. The van der Waals surface area contributed by atoms with Gasteiger partial charge in [-0.2, -0.15) is 0 Å². The van der Waals surface area contributed by atoms with Gasteiger partial charge in [-0.3, -0.25) is 0 Å². The van der Waals surface area contributed by atoms with Gasteiger partial charge in [0.15, 0.2) is 11.6 Å². The second-order valence-electron chi connectivity index (χ2n) is 11.6. The van der Waals surface area contributed by atoms with Crippen molar-refractivity contribution >= 4 is 0 Å². The van der Waals surface area contributed by atoms with Crippen LogP contribution >= 0.6 is 0 Å². The van der Waals surface area contributed by atoms with Gasteiger partial charge in [-0.1, -0.05) is 69.0 Å². The number of halogens is 2. The topological polar surface area (TPSA) is 12.5 Å². The summed E-state index contributed by atoms with van der Waals surface area (Å²) in [4.78, 5) is 0. The van der Waals surface area contributed by atoms with E-state index in [1.165, 1.54) is 64.2 Å². The lowest BCUT2D eigenvalue weighted by atomic mass is 9.68. The summed E-state index contributed by atoms with van der Waals surface area (Å²) in [6.45, 7) is 2.82. The average molecular weight is 469 g/mol. The standard InChI is InChI=1S/C31H42F2O/c1-2-3-21-6-12-24(13-7-21)25-14-8-22(9-15-25)4-5-23-10-16-26(17-11-23)27-18-19-28(29-20-34-29)31(33)30(27)32/h4-5,10,16,18-19,21-26,29H,2-3,6-9,11-15,17,20H2,1H3/b5-4+. The molecule has 0 amide bonds. The van der Waals surface area contributed by atoms with E-state index in [4.69, 9.17) is 4.74 Å². The number of epoxide rings is 1. The SMILES string of the molecule is CCCC1CCC(C2CCC(/C=C/C3C=CC(c4ccc(C5CO5)c(F)c4F)CC3)CC2)CC1. The fourth-order valence-electron chi connectivity index (χ4n) is 7.07. The molecule has 5 rings (SSSR count). The highest BCUT2D eigenvalue weighted by Gasteiger charge is 2.32. The first-order valence-corrected chi connectivity index (χ1v) is 14.1. The van der Waals surface area contributed by atoms with Gasteiger partial charge < -0.3 is 4.74 Å². The lowest BCUT2D eigenvalue weighted by Crippen LogP contribution is -2.25. The van der Waals surface area contributed by atoms with Gasteiger partial charge in [0.1, 0.15) is 6.10 Å². The molecule has 1 aromatic carbocycles. The fraction of sp³-hybridized carbons (Fsp3) is 0.677. The summed E-state index contributed by atoms with van der Waals surface area (Å²) in [6, 6.07) is 3.47. The van der Waals surface area contributed by atoms with Crippen LogP contribution in [0, 0.1) is 41.2 Å². The van der Waals surface area contributed by atoms with Crippen LogP contribution in [0.1, 0.15) is 107 Å². The Labute approximate surface area is 205 Å². The van der Waals surface area contributed by atoms with Crippen LogP contribution in [0.25, 0.3) is 0 Å². The van der Waals surface area contributed by atoms with Crippen molar-refractivity contribution < 1.29 is 13.5 Å². The third-order valence-corrected chi connectivity index (χ3v) is 9.33. The van der Waals surface area contributed by atoms with Crippen LogP contribution in [-0.2, 0) is 4.74 Å². The van der Waals surface area contributed by atoms with E-state index in [9.17, 15) is 8.78 Å². The van der Waals surface area contributed by atoms with Crippen LogP contribution < -0.4 is 0 Å². The highest BCUT2D eigenvalue weighted by atomic mass is 19.2. The predicted octanol–water partition coefficient (Wildman–Crippen LogP) is 9.06. The zero-order valence-corrected chi connectivity index (χ0v) is 20.9. The van der Waals surface area contributed by atoms with Crippen LogP contribution in [-0.4, -0.2) is 6.61 Å². The van der Waals surface area contributed by atoms with E-state index in [-0.39, 0.29) is 12.0 Å². The quantitative estimate of drug-likeness (QED) is 0.287. The molecule has 4 aliphatic rings. The molecular formula is C31H42F2O. The summed E-state index contributed by atoms with van der Waals surface area (Å²) in [5.41, 5.74) is 0.850. The van der Waals surface area contributed by atoms with Crippen LogP contribution in [0.5, 0.6) is 0 Å². The van der Waals surface area contributed by atoms with Crippen LogP contribution in [0.3, 0.4) is 0 Å². The minimum atomic E-state index is -0.722. The van der Waals surface area contributed by atoms with Gasteiger partial charge in [0, 0.05) is 11.5 Å². The maximum Gasteiger partial charge on any atom is 0.165 e. The van der Waals surface area contributed by atoms with Crippen molar-refractivity contribution in [1.29, 1.82) is 0 Å². The van der Waals surface area contributed by atoms with Gasteiger partial charge in [-0.05, 0) is 86.5 Å². The Morgan fingerprint density at radius 3 is 2.06 bits per heavy atom. The second-order valence-corrected chi connectivity index (χ2v) is 11.6. The zero-order valence-electron chi connectivity index (χ0n) is 20.9. The van der Waals surface area contributed by atoms with E-state index in [0.29, 0.717) is 23.7 Å². The molecule has 1 aliphatic heterocycles. The van der Waals surface area contributed by atoms with Crippen LogP contribution in [0.4, 0.5) is 8.78 Å². The molecule has 3 unspecified atom stereocenters. The first kappa shape index (κ1) is 24.2. The van der Waals surface area contributed by atoms with Crippen molar-refractivity contribution in [1.82, 2.24) is 0 Å². The summed E-state index contributed by atoms with van der Waals surface area (Å²) in [7, 11) is 0. The molecule has 2 saturated carbocycles. The van der Waals surface area contributed by atoms with Crippen molar-refractivity contribution in [3.8, 4) is 0 Å². The molecule has 0 N–H and O–H groups in total. The summed E-state index contributed by atoms with van der Waals surface area (Å²) in [6.07, 6.45) is 25.0. The van der Waals surface area contributed by atoms with Crippen molar-refractivity contribution in [2.24, 2.45) is 29.6 Å². The smallest absolute Gasteiger partial charge is 0.165 e. The molecular weight excluding hydrogens is 426 g/mol. The van der Waals surface area contributed by atoms with Gasteiger partial charge in [0.05, 0.1) is 6.61 Å². The normalized spacial score (nSPS) is 36.1. The highest BCUT2D eigenvalue weighted by Crippen LogP contribution is 2.43. The lowest BCUT2D eigenvalue weighted by Gasteiger charge is -2.37. The second kappa shape index (κ2) is 11.1. The highest BCUT2D eigenvalue weighted by molar-refractivity contribution is 5.34. The maximum absolute atomic E-state index is 14.7. The molecule has 1 nitrogen and oxygen atoms in total. The Hall–Kier alpha value is -1.48. The monoisotopic (exact) mass is 468 g/mol. The van der Waals surface area contributed by atoms with Crippen molar-refractivity contribution in [2.45, 2.75) is 96.0 Å². The Kier molecular flexibility index (Phi) is 7.88. The van der Waals surface area contributed by atoms with Gasteiger partial charge >= 0.3 is 0 Å². The van der Waals surface area contributed by atoms with Gasteiger partial charge in [0.25, 0.3) is 0 Å². The minimum Gasteiger partial charge on any atom is -0.368 e. The third kappa shape index (κ3) is 5.66. The number of hydrogen-bond donors (Lipinski definition) is 0. The lowest BCUT2D eigenvalue weighted by molar-refractivity contribution is 0.152. The molecule has 3 aliphatic carbocycles. The van der Waals surface area contributed by atoms with Crippen LogP contribution in [0.2, 0.25) is 0 Å². The van der Waals surface area contributed by atoms with E-state index in [2.05, 4.69) is 31.2 Å². The molecule has 0 aromatic heterocycles. The Balaban J connectivity index is 1.08. The van der Waals surface area contributed by atoms with Crippen molar-refractivity contribution in [3.63, 3.8) is 0 Å². The zero-order chi connectivity index (χ0) is 23.5. The molecule has 3 heteroatoms. The van der Waals surface area contributed by atoms with E-state index in [0.717, 1.165) is 36.5 Å². The summed E-state index contributed by atoms with van der Waals surface area (Å²) < 4.78 is 34.2. The predicted molar refractivity (Wildman–Crippen MR) is 135 cm³/mol. The van der Waals surface area contributed by atoms with Gasteiger partial charge in [-0.15, -0.1) is 0 Å². The van der Waals surface area contributed by atoms with E-state index in [1.54, 1.807) is 12.1 Å². The minimum absolute atomic E-state index is 0.0313. The first-order valence-electron chi connectivity index (χ1n) is 14.1. The van der Waals surface area contributed by atoms with E-state index in [1.807, 2.05) is 0 Å². The molecule has 3 fully saturated rings. The number of hydrogen-bond acceptors (Lipinski definition) is 1. The fourth-order valence-corrected chi connectivity index (χ4v) is 7.07.